The molecule has 202 valence electrons. The summed E-state index contributed by atoms with van der Waals surface area (Å²) in [7, 11) is 1.73. The molecule has 2 fully saturated rings. The van der Waals surface area contributed by atoms with E-state index in [1.807, 2.05) is 12.1 Å². The van der Waals surface area contributed by atoms with E-state index in [1.165, 1.54) is 42.9 Å². The van der Waals surface area contributed by atoms with Gasteiger partial charge in [-0.3, -0.25) is 4.98 Å². The van der Waals surface area contributed by atoms with Crippen molar-refractivity contribution in [1.29, 1.82) is 0 Å². The summed E-state index contributed by atoms with van der Waals surface area (Å²) in [5.74, 6) is 1.58. The average molecular weight is 535 g/mol. The number of nitrogens with zero attached hydrogens (tertiary/aromatic N) is 3. The molecule has 7 heteroatoms. The molecule has 3 aliphatic rings. The van der Waals surface area contributed by atoms with Gasteiger partial charge in [-0.15, -0.1) is 0 Å². The Labute approximate surface area is 231 Å². The van der Waals surface area contributed by atoms with Gasteiger partial charge >= 0.3 is 0 Å². The van der Waals surface area contributed by atoms with Crippen molar-refractivity contribution >= 4 is 33.9 Å². The van der Waals surface area contributed by atoms with Crippen LogP contribution in [-0.2, 0) is 12.8 Å². The molecule has 1 aromatic heterocycles. The van der Waals surface area contributed by atoms with Gasteiger partial charge in [-0.1, -0.05) is 23.7 Å². The Morgan fingerprint density at radius 3 is 2.61 bits per heavy atom. The first-order chi connectivity index (χ1) is 18.7. The molecule has 2 saturated heterocycles. The predicted molar refractivity (Wildman–Crippen MR) is 156 cm³/mol. The molecular formula is C31H39ClN4O2. The topological polar surface area (TPSA) is 49.9 Å². The maximum atomic E-state index is 6.48. The Balaban J connectivity index is 1.19. The second-order valence-electron chi connectivity index (χ2n) is 10.9. The predicted octanol–water partition coefficient (Wildman–Crippen LogP) is 6.33. The largest absolute Gasteiger partial charge is 0.493 e. The fraction of sp³-hybridized carbons (Fsp3) is 0.516. The Bertz CT molecular complexity index is 1270. The molecule has 3 heterocycles. The van der Waals surface area contributed by atoms with Gasteiger partial charge in [0, 0.05) is 48.5 Å². The van der Waals surface area contributed by atoms with Gasteiger partial charge in [0.1, 0.15) is 0 Å². The number of ether oxygens (including phenoxy) is 2. The molecule has 0 unspecified atom stereocenters. The van der Waals surface area contributed by atoms with Crippen molar-refractivity contribution in [2.75, 3.05) is 56.7 Å². The molecule has 0 atom stereocenters. The van der Waals surface area contributed by atoms with Gasteiger partial charge in [0.15, 0.2) is 11.5 Å². The first kappa shape index (κ1) is 25.6. The highest BCUT2D eigenvalue weighted by Gasteiger charge is 2.26. The molecule has 1 aliphatic carbocycles. The quantitative estimate of drug-likeness (QED) is 0.324. The van der Waals surface area contributed by atoms with Crippen LogP contribution in [0.15, 0.2) is 36.4 Å². The van der Waals surface area contributed by atoms with Crippen LogP contribution in [0.4, 0.5) is 11.4 Å². The van der Waals surface area contributed by atoms with Crippen molar-refractivity contribution < 1.29 is 9.47 Å². The molecule has 0 amide bonds. The molecule has 6 nitrogen and oxygen atoms in total. The minimum absolute atomic E-state index is 0.413. The summed E-state index contributed by atoms with van der Waals surface area (Å²) in [5.41, 5.74) is 6.00. The van der Waals surface area contributed by atoms with Gasteiger partial charge in [0.2, 0.25) is 0 Å². The monoisotopic (exact) mass is 534 g/mol. The second kappa shape index (κ2) is 11.6. The maximum Gasteiger partial charge on any atom is 0.163 e. The number of pyridine rings is 1. The Morgan fingerprint density at radius 1 is 1.00 bits per heavy atom. The molecule has 0 spiro atoms. The number of halogens is 1. The van der Waals surface area contributed by atoms with Crippen LogP contribution in [0.1, 0.15) is 49.8 Å². The Hall–Kier alpha value is -2.70. The van der Waals surface area contributed by atoms with Gasteiger partial charge in [0.25, 0.3) is 0 Å². The number of aromatic nitrogens is 1. The zero-order valence-corrected chi connectivity index (χ0v) is 23.2. The molecule has 3 aromatic rings. The number of aryl methyl sites for hydroxylation is 1. The number of likely N-dealkylation sites (tertiary alicyclic amines) is 1. The third-order valence-corrected chi connectivity index (χ3v) is 8.73. The van der Waals surface area contributed by atoms with Gasteiger partial charge < -0.3 is 24.6 Å². The van der Waals surface area contributed by atoms with E-state index < -0.39 is 0 Å². The fourth-order valence-electron chi connectivity index (χ4n) is 6.36. The lowest BCUT2D eigenvalue weighted by Gasteiger charge is -2.35. The summed E-state index contributed by atoms with van der Waals surface area (Å²) in [5, 5.41) is 5.93. The summed E-state index contributed by atoms with van der Waals surface area (Å²) in [6, 6.07) is 12.8. The van der Waals surface area contributed by atoms with Crippen molar-refractivity contribution in [1.82, 2.24) is 9.88 Å². The fourth-order valence-corrected chi connectivity index (χ4v) is 6.62. The number of piperidine rings is 1. The van der Waals surface area contributed by atoms with Crippen LogP contribution in [0.3, 0.4) is 0 Å². The number of rotatable bonds is 9. The minimum atomic E-state index is 0.413. The van der Waals surface area contributed by atoms with E-state index in [1.54, 1.807) is 7.11 Å². The van der Waals surface area contributed by atoms with E-state index in [4.69, 9.17) is 26.1 Å². The molecule has 0 radical (unpaired) electrons. The molecule has 0 bridgehead atoms. The Kier molecular flexibility index (Phi) is 7.80. The third kappa shape index (κ3) is 5.39. The zero-order chi connectivity index (χ0) is 25.9. The molecular weight excluding hydrogens is 496 g/mol. The van der Waals surface area contributed by atoms with E-state index in [0.717, 1.165) is 91.3 Å². The lowest BCUT2D eigenvalue weighted by molar-refractivity contribution is 0.254. The van der Waals surface area contributed by atoms with Crippen LogP contribution >= 0.6 is 11.6 Å². The molecule has 1 N–H and O–H groups in total. The lowest BCUT2D eigenvalue weighted by atomic mass is 10.0. The minimum Gasteiger partial charge on any atom is -0.493 e. The van der Waals surface area contributed by atoms with E-state index in [9.17, 15) is 0 Å². The third-order valence-electron chi connectivity index (χ3n) is 8.41. The molecule has 2 aromatic carbocycles. The molecule has 38 heavy (non-hydrogen) atoms. The number of nitrogens with one attached hydrogen (secondary N) is 1. The summed E-state index contributed by atoms with van der Waals surface area (Å²) in [6.07, 6.45) is 9.10. The van der Waals surface area contributed by atoms with Crippen molar-refractivity contribution in [3.8, 4) is 11.5 Å². The van der Waals surface area contributed by atoms with Crippen LogP contribution in [0, 0.1) is 0 Å². The van der Waals surface area contributed by atoms with Crippen LogP contribution in [0.2, 0.25) is 5.02 Å². The van der Waals surface area contributed by atoms with Gasteiger partial charge in [0.05, 0.1) is 29.9 Å². The first-order valence-corrected chi connectivity index (χ1v) is 14.7. The number of hydrogen-bond acceptors (Lipinski definition) is 6. The molecule has 0 saturated carbocycles. The van der Waals surface area contributed by atoms with Crippen LogP contribution in [0.25, 0.3) is 10.9 Å². The van der Waals surface area contributed by atoms with Crippen molar-refractivity contribution in [3.63, 3.8) is 0 Å². The van der Waals surface area contributed by atoms with Gasteiger partial charge in [-0.2, -0.15) is 0 Å². The van der Waals surface area contributed by atoms with Crippen molar-refractivity contribution in [2.24, 2.45) is 0 Å². The van der Waals surface area contributed by atoms with E-state index in [2.05, 4.69) is 39.4 Å². The second-order valence-corrected chi connectivity index (χ2v) is 11.3. The van der Waals surface area contributed by atoms with E-state index in [-0.39, 0.29) is 0 Å². The van der Waals surface area contributed by atoms with Gasteiger partial charge in [-0.25, -0.2) is 0 Å². The smallest absolute Gasteiger partial charge is 0.163 e. The average Bonchev–Trinajstić information content (AvgIpc) is 3.64. The number of anilines is 2. The SMILES string of the molecule is COc1cc2c(NC3CCN(c4ccccc4Cl)CC3)c3c(nc2cc1OCCCN1CCCC1)CCC3. The first-order valence-electron chi connectivity index (χ1n) is 14.3. The molecule has 6 rings (SSSR count). The maximum absolute atomic E-state index is 6.48. The lowest BCUT2D eigenvalue weighted by Crippen LogP contribution is -2.39. The van der Waals surface area contributed by atoms with Crippen LogP contribution in [-0.4, -0.2) is 62.4 Å². The van der Waals surface area contributed by atoms with Crippen LogP contribution < -0.4 is 19.7 Å². The standard InChI is InChI=1S/C31H39ClN4O2/c1-37-29-20-24-27(21-30(29)38-19-7-16-35-14-4-5-15-35)34-26-10-6-8-23(26)31(24)33-22-12-17-36(18-13-22)28-11-3-2-9-25(28)32/h2-3,9,11,20-22H,4-8,10,12-19H2,1H3,(H,33,34). The molecule has 2 aliphatic heterocycles. The number of para-hydroxylation sites is 1. The summed E-state index contributed by atoms with van der Waals surface area (Å²) in [6.45, 7) is 6.23. The number of fused-ring (bicyclic) bond motifs is 2. The summed E-state index contributed by atoms with van der Waals surface area (Å²) >= 11 is 6.48. The van der Waals surface area contributed by atoms with E-state index >= 15 is 0 Å². The van der Waals surface area contributed by atoms with Gasteiger partial charge in [-0.05, 0) is 88.2 Å². The summed E-state index contributed by atoms with van der Waals surface area (Å²) < 4.78 is 12.1. The summed E-state index contributed by atoms with van der Waals surface area (Å²) in [4.78, 5) is 10.0. The Morgan fingerprint density at radius 2 is 1.82 bits per heavy atom. The number of hydrogen-bond donors (Lipinski definition) is 1. The van der Waals surface area contributed by atoms with Crippen LogP contribution in [0.5, 0.6) is 11.5 Å². The number of benzene rings is 2. The van der Waals surface area contributed by atoms with E-state index in [0.29, 0.717) is 12.6 Å². The zero-order valence-electron chi connectivity index (χ0n) is 22.5. The van der Waals surface area contributed by atoms with Crippen molar-refractivity contribution in [2.45, 2.75) is 57.4 Å². The van der Waals surface area contributed by atoms with Crippen molar-refractivity contribution in [3.05, 3.63) is 52.7 Å². The number of methoxy groups -OCH3 is 1. The normalized spacial score (nSPS) is 18.2. The highest BCUT2D eigenvalue weighted by Crippen LogP contribution is 2.40. The highest BCUT2D eigenvalue weighted by atomic mass is 35.5. The highest BCUT2D eigenvalue weighted by molar-refractivity contribution is 6.33.